The van der Waals surface area contributed by atoms with E-state index >= 15 is 0 Å². The summed E-state index contributed by atoms with van der Waals surface area (Å²) in [6, 6.07) is 9.19. The molecule has 106 valence electrons. The molecule has 0 aliphatic carbocycles. The van der Waals surface area contributed by atoms with E-state index in [1.807, 2.05) is 13.0 Å². The number of rotatable bonds is 3. The lowest BCUT2D eigenvalue weighted by atomic mass is 10.2. The Bertz CT molecular complexity index is 740. The normalized spacial score (nSPS) is 11.4. The first-order valence-electron chi connectivity index (χ1n) is 5.53. The average molecular weight is 423 g/mol. The molecule has 2 aromatic carbocycles. The molecule has 2 rings (SSSR count). The largest absolute Gasteiger partial charge is 0.280 e. The molecule has 0 saturated carbocycles. The first-order chi connectivity index (χ1) is 9.29. The van der Waals surface area contributed by atoms with Gasteiger partial charge in [-0.2, -0.15) is 0 Å². The monoisotopic (exact) mass is 421 g/mol. The molecule has 0 radical (unpaired) electrons. The molecule has 0 aliphatic heterocycles. The van der Waals surface area contributed by atoms with E-state index in [2.05, 4.69) is 36.6 Å². The molecule has 0 bridgehead atoms. The number of hydrogen-bond donors (Lipinski definition) is 1. The molecule has 0 unspecified atom stereocenters. The predicted molar refractivity (Wildman–Crippen MR) is 83.8 cm³/mol. The van der Waals surface area contributed by atoms with Crippen molar-refractivity contribution in [3.8, 4) is 0 Å². The number of sulfonamides is 1. The smallest absolute Gasteiger partial charge is 0.264 e. The highest BCUT2D eigenvalue weighted by Crippen LogP contribution is 2.32. The van der Waals surface area contributed by atoms with Crippen LogP contribution in [0.1, 0.15) is 5.56 Å². The van der Waals surface area contributed by atoms with Crippen LogP contribution in [0.2, 0.25) is 0 Å². The van der Waals surface area contributed by atoms with E-state index in [0.717, 1.165) is 17.7 Å². The van der Waals surface area contributed by atoms with Crippen LogP contribution in [-0.4, -0.2) is 8.42 Å². The summed E-state index contributed by atoms with van der Waals surface area (Å²) in [5.74, 6) is -0.529. The molecule has 0 aliphatic rings. The number of halogens is 3. The highest BCUT2D eigenvalue weighted by atomic mass is 79.9. The fourth-order valence-electron chi connectivity index (χ4n) is 1.70. The summed E-state index contributed by atoms with van der Waals surface area (Å²) in [6.07, 6.45) is 0. The lowest BCUT2D eigenvalue weighted by molar-refractivity contribution is 0.598. The lowest BCUT2D eigenvalue weighted by Crippen LogP contribution is -2.14. The zero-order chi connectivity index (χ0) is 14.9. The maximum absolute atomic E-state index is 13.2. The van der Waals surface area contributed by atoms with Crippen molar-refractivity contribution in [2.24, 2.45) is 0 Å². The van der Waals surface area contributed by atoms with Gasteiger partial charge in [0.1, 0.15) is 10.7 Å². The van der Waals surface area contributed by atoms with Gasteiger partial charge in [0.05, 0.1) is 0 Å². The molecule has 0 aromatic heterocycles. The third kappa shape index (κ3) is 3.39. The first-order valence-corrected chi connectivity index (χ1v) is 8.60. The van der Waals surface area contributed by atoms with E-state index in [1.165, 1.54) is 0 Å². The van der Waals surface area contributed by atoms with Crippen LogP contribution in [0.15, 0.2) is 50.2 Å². The quantitative estimate of drug-likeness (QED) is 0.793. The maximum Gasteiger partial charge on any atom is 0.264 e. The molecule has 0 amide bonds. The molecule has 7 heteroatoms. The summed E-state index contributed by atoms with van der Waals surface area (Å²) in [5, 5.41) is 0. The van der Waals surface area contributed by atoms with Crippen LogP contribution >= 0.6 is 31.9 Å². The van der Waals surface area contributed by atoms with Gasteiger partial charge >= 0.3 is 0 Å². The number of benzene rings is 2. The lowest BCUT2D eigenvalue weighted by Gasteiger charge is -2.12. The number of nitrogens with one attached hydrogen (secondary N) is 1. The summed E-state index contributed by atoms with van der Waals surface area (Å²) in [4.78, 5) is -0.0413. The third-order valence-electron chi connectivity index (χ3n) is 2.50. The fourth-order valence-corrected chi connectivity index (χ4v) is 5.28. The molecule has 0 saturated heterocycles. The predicted octanol–water partition coefficient (Wildman–Crippen LogP) is 4.46. The van der Waals surface area contributed by atoms with Crippen LogP contribution in [0.5, 0.6) is 0 Å². The van der Waals surface area contributed by atoms with E-state index in [-0.39, 0.29) is 13.8 Å². The second-order valence-electron chi connectivity index (χ2n) is 4.17. The van der Waals surface area contributed by atoms with Gasteiger partial charge in [0.25, 0.3) is 10.0 Å². The van der Waals surface area contributed by atoms with Crippen molar-refractivity contribution in [3.63, 3.8) is 0 Å². The van der Waals surface area contributed by atoms with Gasteiger partial charge in [-0.05, 0) is 68.6 Å². The summed E-state index contributed by atoms with van der Waals surface area (Å²) in [7, 11) is -3.82. The van der Waals surface area contributed by atoms with Gasteiger partial charge in [-0.15, -0.1) is 0 Å². The van der Waals surface area contributed by atoms with Crippen molar-refractivity contribution in [2.75, 3.05) is 4.72 Å². The molecular weight excluding hydrogens is 413 g/mol. The second-order valence-corrected chi connectivity index (χ2v) is 7.50. The SMILES string of the molecule is Cc1cccc(NS(=O)(=O)c2c(Br)cc(F)cc2Br)c1. The minimum absolute atomic E-state index is 0.0413. The Labute approximate surface area is 133 Å². The summed E-state index contributed by atoms with van der Waals surface area (Å²) in [6.45, 7) is 1.86. The van der Waals surface area contributed by atoms with Crippen molar-refractivity contribution in [2.45, 2.75) is 11.8 Å². The van der Waals surface area contributed by atoms with Crippen LogP contribution in [0.25, 0.3) is 0 Å². The Kier molecular flexibility index (Phi) is 4.51. The molecule has 2 aromatic rings. The van der Waals surface area contributed by atoms with Gasteiger partial charge in [0.15, 0.2) is 0 Å². The van der Waals surface area contributed by atoms with Gasteiger partial charge in [-0.1, -0.05) is 12.1 Å². The van der Waals surface area contributed by atoms with Gasteiger partial charge in [0, 0.05) is 14.6 Å². The molecule has 3 nitrogen and oxygen atoms in total. The fraction of sp³-hybridized carbons (Fsp3) is 0.0769. The van der Waals surface area contributed by atoms with Crippen LogP contribution in [0, 0.1) is 12.7 Å². The first kappa shape index (κ1) is 15.5. The molecular formula is C13H10Br2FNO2S. The Morgan fingerprint density at radius 3 is 2.25 bits per heavy atom. The van der Waals surface area contributed by atoms with Gasteiger partial charge in [-0.3, -0.25) is 4.72 Å². The number of anilines is 1. The van der Waals surface area contributed by atoms with E-state index in [1.54, 1.807) is 18.2 Å². The standard InChI is InChI=1S/C13H10Br2FNO2S/c1-8-3-2-4-10(5-8)17-20(18,19)13-11(14)6-9(16)7-12(13)15/h2-7,17H,1H3. The molecule has 20 heavy (non-hydrogen) atoms. The molecule has 1 N–H and O–H groups in total. The Morgan fingerprint density at radius 2 is 1.70 bits per heavy atom. The third-order valence-corrected chi connectivity index (χ3v) is 5.76. The van der Waals surface area contributed by atoms with E-state index in [4.69, 9.17) is 0 Å². The van der Waals surface area contributed by atoms with Crippen molar-refractivity contribution < 1.29 is 12.8 Å². The molecule has 0 heterocycles. The van der Waals surface area contributed by atoms with Gasteiger partial charge in [0.2, 0.25) is 0 Å². The van der Waals surface area contributed by atoms with Gasteiger partial charge < -0.3 is 0 Å². The van der Waals surface area contributed by atoms with Crippen LogP contribution < -0.4 is 4.72 Å². The minimum Gasteiger partial charge on any atom is -0.280 e. The summed E-state index contributed by atoms with van der Waals surface area (Å²) < 4.78 is 40.7. The van der Waals surface area contributed by atoms with Crippen molar-refractivity contribution >= 4 is 47.6 Å². The van der Waals surface area contributed by atoms with E-state index in [9.17, 15) is 12.8 Å². The van der Waals surface area contributed by atoms with E-state index < -0.39 is 15.8 Å². The van der Waals surface area contributed by atoms with Crippen LogP contribution in [0.4, 0.5) is 10.1 Å². The highest BCUT2D eigenvalue weighted by Gasteiger charge is 2.22. The zero-order valence-corrected chi connectivity index (χ0v) is 14.3. The van der Waals surface area contributed by atoms with Crippen LogP contribution in [-0.2, 0) is 10.0 Å². The Hall–Kier alpha value is -0.920. The molecule has 0 spiro atoms. The van der Waals surface area contributed by atoms with Crippen molar-refractivity contribution in [3.05, 3.63) is 56.7 Å². The summed E-state index contributed by atoms with van der Waals surface area (Å²) in [5.41, 5.74) is 1.38. The zero-order valence-electron chi connectivity index (χ0n) is 10.3. The van der Waals surface area contributed by atoms with Crippen molar-refractivity contribution in [1.29, 1.82) is 0 Å². The Morgan fingerprint density at radius 1 is 1.10 bits per heavy atom. The van der Waals surface area contributed by atoms with Gasteiger partial charge in [-0.25, -0.2) is 12.8 Å². The second kappa shape index (κ2) is 5.83. The van der Waals surface area contributed by atoms with Crippen molar-refractivity contribution in [1.82, 2.24) is 0 Å². The minimum atomic E-state index is -3.82. The summed E-state index contributed by atoms with van der Waals surface area (Å²) >= 11 is 6.14. The number of hydrogen-bond acceptors (Lipinski definition) is 2. The molecule has 0 atom stereocenters. The highest BCUT2D eigenvalue weighted by molar-refractivity contribution is 9.11. The van der Waals surface area contributed by atoms with E-state index in [0.29, 0.717) is 5.69 Å². The average Bonchev–Trinajstić information content (AvgIpc) is 2.25. The number of aryl methyl sites for hydroxylation is 1. The topological polar surface area (TPSA) is 46.2 Å². The maximum atomic E-state index is 13.2. The Balaban J connectivity index is 2.46. The molecule has 0 fully saturated rings. The van der Waals surface area contributed by atoms with Crippen LogP contribution in [0.3, 0.4) is 0 Å².